The van der Waals surface area contributed by atoms with Crippen LogP contribution in [0.1, 0.15) is 42.2 Å². The average Bonchev–Trinajstić information content (AvgIpc) is 2.58. The van der Waals surface area contributed by atoms with Gasteiger partial charge in [-0.05, 0) is 12.0 Å². The van der Waals surface area contributed by atoms with Gasteiger partial charge >= 0.3 is 0 Å². The number of anilines is 1. The number of nitrogens with zero attached hydrogens (tertiary/aromatic N) is 2. The van der Waals surface area contributed by atoms with Crippen molar-refractivity contribution >= 4 is 11.7 Å². The first-order chi connectivity index (χ1) is 10.8. The Hall–Kier alpha value is -2.43. The Morgan fingerprint density at radius 1 is 1.14 bits per heavy atom. The SMILES string of the molecule is CCCCCNc1cncc(C(=O)NCc2ccccc2)n1. The second-order valence-corrected chi connectivity index (χ2v) is 5.09. The molecule has 0 aliphatic rings. The van der Waals surface area contributed by atoms with Crippen molar-refractivity contribution in [3.05, 3.63) is 54.0 Å². The molecular weight excluding hydrogens is 276 g/mol. The van der Waals surface area contributed by atoms with Gasteiger partial charge in [0.05, 0.1) is 12.4 Å². The summed E-state index contributed by atoms with van der Waals surface area (Å²) in [6.07, 6.45) is 6.56. The molecule has 0 aliphatic heterocycles. The number of nitrogens with one attached hydrogen (secondary N) is 2. The van der Waals surface area contributed by atoms with Crippen LogP contribution in [-0.4, -0.2) is 22.4 Å². The Labute approximate surface area is 131 Å². The van der Waals surface area contributed by atoms with Crippen LogP contribution in [0.15, 0.2) is 42.7 Å². The zero-order chi connectivity index (χ0) is 15.6. The fourth-order valence-electron chi connectivity index (χ4n) is 2.02. The number of rotatable bonds is 8. The molecule has 0 bridgehead atoms. The fourth-order valence-corrected chi connectivity index (χ4v) is 2.02. The maximum absolute atomic E-state index is 12.1. The lowest BCUT2D eigenvalue weighted by atomic mass is 10.2. The summed E-state index contributed by atoms with van der Waals surface area (Å²) < 4.78 is 0. The van der Waals surface area contributed by atoms with Gasteiger partial charge in [0, 0.05) is 13.1 Å². The minimum Gasteiger partial charge on any atom is -0.369 e. The highest BCUT2D eigenvalue weighted by Gasteiger charge is 2.08. The first-order valence-corrected chi connectivity index (χ1v) is 7.67. The monoisotopic (exact) mass is 298 g/mol. The van der Waals surface area contributed by atoms with Gasteiger partial charge in [0.25, 0.3) is 5.91 Å². The van der Waals surface area contributed by atoms with E-state index in [0.717, 1.165) is 18.5 Å². The van der Waals surface area contributed by atoms with Crippen molar-refractivity contribution in [1.29, 1.82) is 0 Å². The quantitative estimate of drug-likeness (QED) is 0.735. The highest BCUT2D eigenvalue weighted by molar-refractivity contribution is 5.92. The topological polar surface area (TPSA) is 66.9 Å². The lowest BCUT2D eigenvalue weighted by molar-refractivity contribution is 0.0945. The van der Waals surface area contributed by atoms with E-state index < -0.39 is 0 Å². The molecule has 1 aromatic carbocycles. The summed E-state index contributed by atoms with van der Waals surface area (Å²) in [6, 6.07) is 9.78. The van der Waals surface area contributed by atoms with Crippen LogP contribution in [0.2, 0.25) is 0 Å². The van der Waals surface area contributed by atoms with Gasteiger partial charge in [-0.1, -0.05) is 50.1 Å². The predicted molar refractivity (Wildman–Crippen MR) is 87.7 cm³/mol. The van der Waals surface area contributed by atoms with E-state index in [1.807, 2.05) is 30.3 Å². The minimum atomic E-state index is -0.214. The summed E-state index contributed by atoms with van der Waals surface area (Å²) in [5.74, 6) is 0.428. The van der Waals surface area contributed by atoms with Crippen LogP contribution in [-0.2, 0) is 6.54 Å². The first-order valence-electron chi connectivity index (χ1n) is 7.67. The highest BCUT2D eigenvalue weighted by Crippen LogP contribution is 2.04. The van der Waals surface area contributed by atoms with Crippen LogP contribution in [0.3, 0.4) is 0 Å². The number of aromatic nitrogens is 2. The molecule has 2 N–H and O–H groups in total. The van der Waals surface area contributed by atoms with Crippen molar-refractivity contribution in [2.75, 3.05) is 11.9 Å². The number of benzene rings is 1. The highest BCUT2D eigenvalue weighted by atomic mass is 16.1. The molecule has 0 saturated carbocycles. The minimum absolute atomic E-state index is 0.214. The zero-order valence-corrected chi connectivity index (χ0v) is 12.9. The summed E-state index contributed by atoms with van der Waals surface area (Å²) in [5, 5.41) is 6.04. The van der Waals surface area contributed by atoms with E-state index in [4.69, 9.17) is 0 Å². The number of carbonyl (C=O) groups is 1. The van der Waals surface area contributed by atoms with Crippen LogP contribution in [0.25, 0.3) is 0 Å². The Balaban J connectivity index is 1.86. The van der Waals surface area contributed by atoms with E-state index in [2.05, 4.69) is 27.5 Å². The second-order valence-electron chi connectivity index (χ2n) is 5.09. The Morgan fingerprint density at radius 2 is 1.95 bits per heavy atom. The van der Waals surface area contributed by atoms with Crippen LogP contribution < -0.4 is 10.6 Å². The molecule has 1 heterocycles. The number of hydrogen-bond donors (Lipinski definition) is 2. The molecule has 0 atom stereocenters. The maximum atomic E-state index is 12.1. The molecule has 2 rings (SSSR count). The molecule has 0 spiro atoms. The number of carbonyl (C=O) groups excluding carboxylic acids is 1. The number of unbranched alkanes of at least 4 members (excludes halogenated alkanes) is 2. The van der Waals surface area contributed by atoms with Crippen LogP contribution in [0.4, 0.5) is 5.82 Å². The van der Waals surface area contributed by atoms with Crippen LogP contribution >= 0.6 is 0 Å². The molecule has 0 fully saturated rings. The summed E-state index contributed by atoms with van der Waals surface area (Å²) in [5.41, 5.74) is 1.38. The molecule has 0 radical (unpaired) electrons. The van der Waals surface area contributed by atoms with Gasteiger partial charge in [-0.2, -0.15) is 0 Å². The molecule has 5 nitrogen and oxygen atoms in total. The smallest absolute Gasteiger partial charge is 0.271 e. The third-order valence-corrected chi connectivity index (χ3v) is 3.25. The van der Waals surface area contributed by atoms with Crippen molar-refractivity contribution in [1.82, 2.24) is 15.3 Å². The number of amides is 1. The van der Waals surface area contributed by atoms with E-state index in [0.29, 0.717) is 18.1 Å². The van der Waals surface area contributed by atoms with Crippen LogP contribution in [0, 0.1) is 0 Å². The van der Waals surface area contributed by atoms with Gasteiger partial charge in [0.15, 0.2) is 0 Å². The standard InChI is InChI=1S/C17H22N4O/c1-2-3-7-10-19-16-13-18-12-15(21-16)17(22)20-11-14-8-5-4-6-9-14/h4-6,8-9,12-13H,2-3,7,10-11H2,1H3,(H,19,21)(H,20,22). The number of hydrogen-bond acceptors (Lipinski definition) is 4. The van der Waals surface area contributed by atoms with E-state index in [-0.39, 0.29) is 5.91 Å². The fraction of sp³-hybridized carbons (Fsp3) is 0.353. The van der Waals surface area contributed by atoms with Gasteiger partial charge in [0.1, 0.15) is 11.5 Å². The molecular formula is C17H22N4O. The van der Waals surface area contributed by atoms with Gasteiger partial charge in [0.2, 0.25) is 0 Å². The summed E-state index contributed by atoms with van der Waals surface area (Å²) in [6.45, 7) is 3.49. The Kier molecular flexibility index (Phi) is 6.36. The lowest BCUT2D eigenvalue weighted by Crippen LogP contribution is -2.24. The second kappa shape index (κ2) is 8.77. The molecule has 0 unspecified atom stereocenters. The van der Waals surface area contributed by atoms with Gasteiger partial charge in [-0.15, -0.1) is 0 Å². The zero-order valence-electron chi connectivity index (χ0n) is 12.9. The van der Waals surface area contributed by atoms with Crippen molar-refractivity contribution in [2.45, 2.75) is 32.7 Å². The van der Waals surface area contributed by atoms with E-state index in [1.54, 1.807) is 6.20 Å². The molecule has 0 saturated heterocycles. The first kappa shape index (κ1) is 15.9. The molecule has 1 amide bonds. The van der Waals surface area contributed by atoms with Crippen molar-refractivity contribution in [3.8, 4) is 0 Å². The third-order valence-electron chi connectivity index (χ3n) is 3.25. The Bertz CT molecular complexity index is 586. The molecule has 1 aromatic heterocycles. The third kappa shape index (κ3) is 5.16. The van der Waals surface area contributed by atoms with Crippen molar-refractivity contribution in [2.24, 2.45) is 0 Å². The maximum Gasteiger partial charge on any atom is 0.271 e. The largest absolute Gasteiger partial charge is 0.369 e. The molecule has 0 aliphatic carbocycles. The Morgan fingerprint density at radius 3 is 2.73 bits per heavy atom. The average molecular weight is 298 g/mol. The van der Waals surface area contributed by atoms with Crippen LogP contribution in [0.5, 0.6) is 0 Å². The van der Waals surface area contributed by atoms with E-state index in [9.17, 15) is 4.79 Å². The molecule has 2 aromatic rings. The van der Waals surface area contributed by atoms with Gasteiger partial charge in [-0.25, -0.2) is 4.98 Å². The van der Waals surface area contributed by atoms with Gasteiger partial charge in [-0.3, -0.25) is 9.78 Å². The van der Waals surface area contributed by atoms with E-state index >= 15 is 0 Å². The molecule has 22 heavy (non-hydrogen) atoms. The summed E-state index contributed by atoms with van der Waals surface area (Å²) in [7, 11) is 0. The van der Waals surface area contributed by atoms with Crippen molar-refractivity contribution in [3.63, 3.8) is 0 Å². The normalized spacial score (nSPS) is 10.2. The lowest BCUT2D eigenvalue weighted by Gasteiger charge is -2.07. The predicted octanol–water partition coefficient (Wildman–Crippen LogP) is 3.01. The molecule has 116 valence electrons. The summed E-state index contributed by atoms with van der Waals surface area (Å²) in [4.78, 5) is 20.5. The molecule has 5 heteroatoms. The van der Waals surface area contributed by atoms with Gasteiger partial charge < -0.3 is 10.6 Å². The van der Waals surface area contributed by atoms with Crippen molar-refractivity contribution < 1.29 is 4.79 Å². The summed E-state index contributed by atoms with van der Waals surface area (Å²) >= 11 is 0. The van der Waals surface area contributed by atoms with E-state index in [1.165, 1.54) is 19.0 Å².